The summed E-state index contributed by atoms with van der Waals surface area (Å²) in [7, 11) is 1.63. The highest BCUT2D eigenvalue weighted by atomic mass is 16.5. The van der Waals surface area contributed by atoms with Crippen molar-refractivity contribution in [1.82, 2.24) is 9.97 Å². The molecule has 2 unspecified atom stereocenters. The van der Waals surface area contributed by atoms with Gasteiger partial charge in [0.2, 0.25) is 5.75 Å². The van der Waals surface area contributed by atoms with Crippen LogP contribution in [0.15, 0.2) is 6.33 Å². The summed E-state index contributed by atoms with van der Waals surface area (Å²) >= 11 is 0. The molecule has 5 nitrogen and oxygen atoms in total. The summed E-state index contributed by atoms with van der Waals surface area (Å²) in [5, 5.41) is 3.25. The summed E-state index contributed by atoms with van der Waals surface area (Å²) in [6, 6.07) is 0. The van der Waals surface area contributed by atoms with Crippen molar-refractivity contribution < 1.29 is 9.47 Å². The third-order valence-corrected chi connectivity index (χ3v) is 3.81. The van der Waals surface area contributed by atoms with Crippen LogP contribution in [0.5, 0.6) is 11.6 Å². The summed E-state index contributed by atoms with van der Waals surface area (Å²) in [5.41, 5.74) is 0. The van der Waals surface area contributed by atoms with Crippen LogP contribution >= 0.6 is 0 Å². The minimum atomic E-state index is 0.228. The molecule has 20 heavy (non-hydrogen) atoms. The Balaban J connectivity index is 2.13. The topological polar surface area (TPSA) is 56.3 Å². The molecule has 0 saturated heterocycles. The molecule has 2 rings (SSSR count). The van der Waals surface area contributed by atoms with Crippen LogP contribution in [-0.2, 0) is 0 Å². The molecule has 0 amide bonds. The van der Waals surface area contributed by atoms with Crippen LogP contribution in [0.25, 0.3) is 0 Å². The van der Waals surface area contributed by atoms with E-state index in [2.05, 4.69) is 29.1 Å². The van der Waals surface area contributed by atoms with Gasteiger partial charge in [0.15, 0.2) is 5.82 Å². The van der Waals surface area contributed by atoms with E-state index in [9.17, 15) is 0 Å². The predicted molar refractivity (Wildman–Crippen MR) is 79.4 cm³/mol. The van der Waals surface area contributed by atoms with Crippen molar-refractivity contribution in [2.24, 2.45) is 5.92 Å². The van der Waals surface area contributed by atoms with Crippen LogP contribution in [-0.4, -0.2) is 29.7 Å². The number of rotatable bonds is 6. The van der Waals surface area contributed by atoms with Crippen LogP contribution in [0.4, 0.5) is 5.82 Å². The first-order valence-corrected chi connectivity index (χ1v) is 7.55. The molecule has 1 fully saturated rings. The van der Waals surface area contributed by atoms with Gasteiger partial charge in [0.1, 0.15) is 12.4 Å². The zero-order valence-electron chi connectivity index (χ0n) is 12.7. The molecule has 1 heterocycles. The van der Waals surface area contributed by atoms with Crippen molar-refractivity contribution >= 4 is 5.82 Å². The lowest BCUT2D eigenvalue weighted by Crippen LogP contribution is -2.28. The van der Waals surface area contributed by atoms with E-state index in [0.29, 0.717) is 23.4 Å². The fraction of sp³-hybridized carbons (Fsp3) is 0.733. The maximum atomic E-state index is 6.09. The van der Waals surface area contributed by atoms with E-state index in [4.69, 9.17) is 9.47 Å². The third-order valence-electron chi connectivity index (χ3n) is 3.81. The van der Waals surface area contributed by atoms with Crippen LogP contribution in [0.2, 0.25) is 0 Å². The van der Waals surface area contributed by atoms with E-state index in [1.165, 1.54) is 25.6 Å². The molecule has 5 heteroatoms. The molecule has 0 spiro atoms. The standard InChI is InChI=1S/C15H25N3O2/c1-4-9-16-14-13(19-3)15(18-10-17-14)20-12-8-6-5-7-11(12)2/h10-12H,4-9H2,1-3H3,(H,16,17,18). The maximum Gasteiger partial charge on any atom is 0.262 e. The zero-order chi connectivity index (χ0) is 14.4. The predicted octanol–water partition coefficient (Wildman–Crippen LogP) is 3.26. The molecule has 112 valence electrons. The molecule has 2 atom stereocenters. The molecule has 1 aliphatic carbocycles. The smallest absolute Gasteiger partial charge is 0.262 e. The highest BCUT2D eigenvalue weighted by Gasteiger charge is 2.25. The summed E-state index contributed by atoms with van der Waals surface area (Å²) in [6.07, 6.45) is 7.62. The molecule has 0 aliphatic heterocycles. The van der Waals surface area contributed by atoms with Crippen LogP contribution in [0, 0.1) is 5.92 Å². The fourth-order valence-electron chi connectivity index (χ4n) is 2.60. The summed E-state index contributed by atoms with van der Waals surface area (Å²) in [5.74, 6) is 2.44. The summed E-state index contributed by atoms with van der Waals surface area (Å²) in [6.45, 7) is 5.21. The number of ether oxygens (including phenoxy) is 2. The largest absolute Gasteiger partial charge is 0.489 e. The molecule has 0 radical (unpaired) electrons. The Bertz CT molecular complexity index is 426. The van der Waals surface area contributed by atoms with Gasteiger partial charge in [-0.15, -0.1) is 0 Å². The van der Waals surface area contributed by atoms with E-state index in [1.54, 1.807) is 7.11 Å². The van der Waals surface area contributed by atoms with Gasteiger partial charge >= 0.3 is 0 Å². The molecule has 0 aromatic carbocycles. The van der Waals surface area contributed by atoms with E-state index in [1.807, 2.05) is 0 Å². The maximum absolute atomic E-state index is 6.09. The molecular formula is C15H25N3O2. The SMILES string of the molecule is CCCNc1ncnc(OC2CCCCC2C)c1OC. The first-order chi connectivity index (χ1) is 9.76. The number of nitrogens with one attached hydrogen (secondary N) is 1. The van der Waals surface area contributed by atoms with Gasteiger partial charge in [-0.1, -0.05) is 20.3 Å². The minimum Gasteiger partial charge on any atom is -0.489 e. The Morgan fingerprint density at radius 2 is 2.10 bits per heavy atom. The molecule has 1 N–H and O–H groups in total. The second-order valence-electron chi connectivity index (χ2n) is 5.41. The zero-order valence-corrected chi connectivity index (χ0v) is 12.7. The summed E-state index contributed by atoms with van der Waals surface area (Å²) in [4.78, 5) is 8.48. The van der Waals surface area contributed by atoms with Crippen molar-refractivity contribution in [2.75, 3.05) is 19.0 Å². The third kappa shape index (κ3) is 3.52. The Labute approximate surface area is 121 Å². The lowest BCUT2D eigenvalue weighted by Gasteiger charge is -2.29. The molecular weight excluding hydrogens is 254 g/mol. The van der Waals surface area contributed by atoms with Gasteiger partial charge in [-0.3, -0.25) is 0 Å². The number of nitrogens with zero attached hydrogens (tertiary/aromatic N) is 2. The van der Waals surface area contributed by atoms with Gasteiger partial charge < -0.3 is 14.8 Å². The summed E-state index contributed by atoms with van der Waals surface area (Å²) < 4.78 is 11.5. The Morgan fingerprint density at radius 3 is 2.80 bits per heavy atom. The number of hydrogen-bond acceptors (Lipinski definition) is 5. The lowest BCUT2D eigenvalue weighted by atomic mass is 9.88. The first-order valence-electron chi connectivity index (χ1n) is 7.55. The Morgan fingerprint density at radius 1 is 1.30 bits per heavy atom. The van der Waals surface area contributed by atoms with Gasteiger partial charge in [-0.2, -0.15) is 4.98 Å². The average molecular weight is 279 g/mol. The van der Waals surface area contributed by atoms with Crippen LogP contribution in [0.1, 0.15) is 46.0 Å². The average Bonchev–Trinajstić information content (AvgIpc) is 2.47. The highest BCUT2D eigenvalue weighted by Crippen LogP contribution is 2.35. The van der Waals surface area contributed by atoms with E-state index >= 15 is 0 Å². The van der Waals surface area contributed by atoms with Crippen molar-refractivity contribution in [3.63, 3.8) is 0 Å². The number of hydrogen-bond donors (Lipinski definition) is 1. The molecule has 1 aromatic heterocycles. The van der Waals surface area contributed by atoms with E-state index in [0.717, 1.165) is 19.4 Å². The van der Waals surface area contributed by atoms with Gasteiger partial charge in [-0.05, 0) is 31.6 Å². The second kappa shape index (κ2) is 7.31. The Hall–Kier alpha value is -1.52. The normalized spacial score (nSPS) is 22.4. The van der Waals surface area contributed by atoms with Gasteiger partial charge in [-0.25, -0.2) is 4.98 Å². The fourth-order valence-corrected chi connectivity index (χ4v) is 2.60. The van der Waals surface area contributed by atoms with Crippen molar-refractivity contribution in [2.45, 2.75) is 52.1 Å². The van der Waals surface area contributed by atoms with Crippen molar-refractivity contribution in [3.8, 4) is 11.6 Å². The Kier molecular flexibility index (Phi) is 5.44. The van der Waals surface area contributed by atoms with Crippen LogP contribution in [0.3, 0.4) is 0 Å². The molecule has 1 saturated carbocycles. The van der Waals surface area contributed by atoms with E-state index < -0.39 is 0 Å². The van der Waals surface area contributed by atoms with Crippen molar-refractivity contribution in [1.29, 1.82) is 0 Å². The number of methoxy groups -OCH3 is 1. The molecule has 1 aromatic rings. The quantitative estimate of drug-likeness (QED) is 0.866. The number of anilines is 1. The second-order valence-corrected chi connectivity index (χ2v) is 5.41. The van der Waals surface area contributed by atoms with E-state index in [-0.39, 0.29) is 6.10 Å². The van der Waals surface area contributed by atoms with Gasteiger partial charge in [0.25, 0.3) is 5.88 Å². The molecule has 1 aliphatic rings. The van der Waals surface area contributed by atoms with Crippen LogP contribution < -0.4 is 14.8 Å². The number of aromatic nitrogens is 2. The monoisotopic (exact) mass is 279 g/mol. The van der Waals surface area contributed by atoms with Crippen molar-refractivity contribution in [3.05, 3.63) is 6.33 Å². The van der Waals surface area contributed by atoms with Gasteiger partial charge in [0, 0.05) is 6.54 Å². The van der Waals surface area contributed by atoms with Gasteiger partial charge in [0.05, 0.1) is 7.11 Å². The first kappa shape index (κ1) is 14.9. The molecule has 0 bridgehead atoms. The highest BCUT2D eigenvalue weighted by molar-refractivity contribution is 5.55. The lowest BCUT2D eigenvalue weighted by molar-refractivity contribution is 0.0938. The minimum absolute atomic E-state index is 0.228.